The first kappa shape index (κ1) is 18.7. The van der Waals surface area contributed by atoms with Crippen molar-refractivity contribution in [2.45, 2.75) is 33.5 Å². The largest absolute Gasteiger partial charge is 0.481 e. The van der Waals surface area contributed by atoms with E-state index < -0.39 is 5.97 Å². The molecule has 0 saturated heterocycles. The Morgan fingerprint density at radius 1 is 1.12 bits per heavy atom. The third kappa shape index (κ3) is 15.3. The van der Waals surface area contributed by atoms with Gasteiger partial charge < -0.3 is 24.8 Å². The van der Waals surface area contributed by atoms with Gasteiger partial charge in [0.1, 0.15) is 0 Å². The second-order valence-corrected chi connectivity index (χ2v) is 3.33. The zero-order chi connectivity index (χ0) is 13.7. The fraction of sp³-hybridized carbons (Fsp3) is 0.909. The summed E-state index contributed by atoms with van der Waals surface area (Å²) in [7, 11) is 0. The third-order valence-corrected chi connectivity index (χ3v) is 1.75. The average Bonchev–Trinajstić information content (AvgIpc) is 2.25. The van der Waals surface area contributed by atoms with Crippen LogP contribution in [-0.4, -0.2) is 54.0 Å². The first-order valence-electron chi connectivity index (χ1n) is 5.66. The van der Waals surface area contributed by atoms with E-state index in [0.717, 1.165) is 6.92 Å². The van der Waals surface area contributed by atoms with Gasteiger partial charge in [-0.1, -0.05) is 0 Å². The van der Waals surface area contributed by atoms with Crippen molar-refractivity contribution in [3.8, 4) is 0 Å². The maximum absolute atomic E-state index is 9.00. The van der Waals surface area contributed by atoms with E-state index in [1.807, 2.05) is 13.8 Å². The summed E-state index contributed by atoms with van der Waals surface area (Å²) in [6, 6.07) is 0. The first-order valence-corrected chi connectivity index (χ1v) is 5.66. The molecule has 0 aliphatic carbocycles. The van der Waals surface area contributed by atoms with Crippen molar-refractivity contribution in [3.63, 3.8) is 0 Å². The standard InChI is InChI=1S/C9H20O4.C2H4O2/c1-3-12-9(13-4-2)5-8(6-10)7-11;1-2(3)4/h8-11H,3-7H2,1-2H3;1H3,(H,3,4). The Labute approximate surface area is 102 Å². The van der Waals surface area contributed by atoms with Gasteiger partial charge in [-0.05, 0) is 13.8 Å². The molecule has 0 spiro atoms. The first-order chi connectivity index (χ1) is 8.01. The van der Waals surface area contributed by atoms with Crippen LogP contribution in [0.15, 0.2) is 0 Å². The van der Waals surface area contributed by atoms with Crippen LogP contribution in [0.5, 0.6) is 0 Å². The van der Waals surface area contributed by atoms with Gasteiger partial charge in [0.15, 0.2) is 6.29 Å². The van der Waals surface area contributed by atoms with E-state index in [0.29, 0.717) is 19.6 Å². The summed E-state index contributed by atoms with van der Waals surface area (Å²) in [6.07, 6.45) is 0.230. The molecule has 6 nitrogen and oxygen atoms in total. The number of ether oxygens (including phenoxy) is 2. The Kier molecular flexibility index (Phi) is 14.7. The maximum atomic E-state index is 9.00. The zero-order valence-electron chi connectivity index (χ0n) is 10.8. The molecule has 0 saturated carbocycles. The molecule has 0 atom stereocenters. The number of hydrogen-bond acceptors (Lipinski definition) is 5. The van der Waals surface area contributed by atoms with Gasteiger partial charge >= 0.3 is 0 Å². The number of carbonyl (C=O) groups is 1. The lowest BCUT2D eigenvalue weighted by atomic mass is 10.1. The Balaban J connectivity index is 0. The number of rotatable bonds is 8. The van der Waals surface area contributed by atoms with E-state index in [2.05, 4.69) is 0 Å². The minimum Gasteiger partial charge on any atom is -0.481 e. The quantitative estimate of drug-likeness (QED) is 0.543. The summed E-state index contributed by atoms with van der Waals surface area (Å²) in [5, 5.41) is 25.1. The molecule has 0 fully saturated rings. The van der Waals surface area contributed by atoms with Gasteiger partial charge in [-0.15, -0.1) is 0 Å². The van der Waals surface area contributed by atoms with E-state index in [4.69, 9.17) is 29.6 Å². The van der Waals surface area contributed by atoms with Crippen LogP contribution in [0.25, 0.3) is 0 Å². The van der Waals surface area contributed by atoms with Crippen molar-refractivity contribution in [1.29, 1.82) is 0 Å². The van der Waals surface area contributed by atoms with Gasteiger partial charge in [-0.25, -0.2) is 0 Å². The highest BCUT2D eigenvalue weighted by Crippen LogP contribution is 2.09. The second kappa shape index (κ2) is 13.4. The number of aliphatic hydroxyl groups is 2. The van der Waals surface area contributed by atoms with Crippen LogP contribution in [0.1, 0.15) is 27.2 Å². The van der Waals surface area contributed by atoms with E-state index in [1.165, 1.54) is 0 Å². The fourth-order valence-corrected chi connectivity index (χ4v) is 1.03. The van der Waals surface area contributed by atoms with E-state index in [-0.39, 0.29) is 25.4 Å². The Hall–Kier alpha value is -0.690. The summed E-state index contributed by atoms with van der Waals surface area (Å²) in [4.78, 5) is 9.00. The number of hydrogen-bond donors (Lipinski definition) is 3. The predicted molar refractivity (Wildman–Crippen MR) is 62.6 cm³/mol. The molecule has 0 aromatic heterocycles. The summed E-state index contributed by atoms with van der Waals surface area (Å²) in [5.41, 5.74) is 0. The molecular formula is C11H24O6. The number of carboxylic acids is 1. The summed E-state index contributed by atoms with van der Waals surface area (Å²) in [5.74, 6) is -0.983. The minimum absolute atomic E-state index is 0.0346. The average molecular weight is 252 g/mol. The molecule has 17 heavy (non-hydrogen) atoms. The molecule has 0 aromatic rings. The number of carboxylic acid groups (broad SMARTS) is 1. The van der Waals surface area contributed by atoms with Gasteiger partial charge in [0.25, 0.3) is 5.97 Å². The molecule has 3 N–H and O–H groups in total. The highest BCUT2D eigenvalue weighted by molar-refractivity contribution is 5.62. The van der Waals surface area contributed by atoms with Crippen molar-refractivity contribution in [3.05, 3.63) is 0 Å². The molecule has 0 radical (unpaired) electrons. The van der Waals surface area contributed by atoms with Gasteiger partial charge in [-0.3, -0.25) is 4.79 Å². The van der Waals surface area contributed by atoms with Crippen molar-refractivity contribution >= 4 is 5.97 Å². The van der Waals surface area contributed by atoms with Crippen LogP contribution < -0.4 is 0 Å². The molecule has 0 aliphatic heterocycles. The zero-order valence-corrected chi connectivity index (χ0v) is 10.8. The van der Waals surface area contributed by atoms with Crippen LogP contribution >= 0.6 is 0 Å². The smallest absolute Gasteiger partial charge is 0.300 e. The lowest BCUT2D eigenvalue weighted by molar-refractivity contribution is -0.150. The van der Waals surface area contributed by atoms with Crippen LogP contribution in [0, 0.1) is 5.92 Å². The van der Waals surface area contributed by atoms with Crippen molar-refractivity contribution in [1.82, 2.24) is 0 Å². The molecule has 0 bridgehead atoms. The molecular weight excluding hydrogens is 228 g/mol. The SMILES string of the molecule is CC(=O)O.CCOC(CC(CO)CO)OCC. The monoisotopic (exact) mass is 252 g/mol. The van der Waals surface area contributed by atoms with Gasteiger partial charge in [0.05, 0.1) is 0 Å². The van der Waals surface area contributed by atoms with Crippen LogP contribution in [0.2, 0.25) is 0 Å². The Morgan fingerprint density at radius 3 is 1.71 bits per heavy atom. The number of aliphatic hydroxyl groups excluding tert-OH is 2. The molecule has 0 heterocycles. The van der Waals surface area contributed by atoms with Crippen molar-refractivity contribution in [2.24, 2.45) is 5.92 Å². The second-order valence-electron chi connectivity index (χ2n) is 3.33. The molecule has 0 rings (SSSR count). The van der Waals surface area contributed by atoms with Gasteiger partial charge in [-0.2, -0.15) is 0 Å². The third-order valence-electron chi connectivity index (χ3n) is 1.75. The molecule has 6 heteroatoms. The normalized spacial score (nSPS) is 10.3. The molecule has 0 aliphatic rings. The molecule has 0 amide bonds. The lowest BCUT2D eigenvalue weighted by Gasteiger charge is -2.20. The lowest BCUT2D eigenvalue weighted by Crippen LogP contribution is -2.24. The summed E-state index contributed by atoms with van der Waals surface area (Å²) in [6.45, 7) is 5.95. The van der Waals surface area contributed by atoms with E-state index in [9.17, 15) is 0 Å². The summed E-state index contributed by atoms with van der Waals surface area (Å²) < 4.78 is 10.5. The van der Waals surface area contributed by atoms with Gasteiger partial charge in [0.2, 0.25) is 0 Å². The Bertz CT molecular complexity index is 159. The minimum atomic E-state index is -0.833. The molecule has 0 unspecified atom stereocenters. The van der Waals surface area contributed by atoms with E-state index in [1.54, 1.807) is 0 Å². The topological polar surface area (TPSA) is 96.2 Å². The highest BCUT2D eigenvalue weighted by atomic mass is 16.7. The van der Waals surface area contributed by atoms with Crippen LogP contribution in [0.4, 0.5) is 0 Å². The predicted octanol–water partition coefficient (Wildman–Crippen LogP) is 0.467. The highest BCUT2D eigenvalue weighted by Gasteiger charge is 2.15. The van der Waals surface area contributed by atoms with E-state index >= 15 is 0 Å². The van der Waals surface area contributed by atoms with Crippen LogP contribution in [-0.2, 0) is 14.3 Å². The van der Waals surface area contributed by atoms with Crippen LogP contribution in [0.3, 0.4) is 0 Å². The number of aliphatic carboxylic acids is 1. The van der Waals surface area contributed by atoms with Gasteiger partial charge in [0, 0.05) is 45.7 Å². The van der Waals surface area contributed by atoms with Crippen molar-refractivity contribution in [2.75, 3.05) is 26.4 Å². The Morgan fingerprint density at radius 2 is 1.47 bits per heavy atom. The fourth-order valence-electron chi connectivity index (χ4n) is 1.03. The molecule has 0 aromatic carbocycles. The summed E-state index contributed by atoms with van der Waals surface area (Å²) >= 11 is 0. The molecule has 104 valence electrons. The van der Waals surface area contributed by atoms with Crippen molar-refractivity contribution < 1.29 is 29.6 Å². The maximum Gasteiger partial charge on any atom is 0.300 e.